The van der Waals surface area contributed by atoms with Crippen LogP contribution in [0.5, 0.6) is 0 Å². The molecule has 0 amide bonds. The first kappa shape index (κ1) is 37.8. The summed E-state index contributed by atoms with van der Waals surface area (Å²) in [6.45, 7) is 2.29. The Morgan fingerprint density at radius 2 is 0.571 bits per heavy atom. The summed E-state index contributed by atoms with van der Waals surface area (Å²) < 4.78 is 30.0. The van der Waals surface area contributed by atoms with Crippen molar-refractivity contribution < 1.29 is 15.8 Å². The Morgan fingerprint density at radius 1 is 0.400 bits per heavy atom. The minimum Gasteiger partial charge on any atom is -1.00 e. The van der Waals surface area contributed by atoms with E-state index < -0.39 is 10.1 Å². The molecule has 0 aliphatic carbocycles. The monoisotopic (exact) mass is 528 g/mol. The van der Waals surface area contributed by atoms with E-state index in [0.29, 0.717) is 6.42 Å². The zero-order chi connectivity index (χ0) is 25.0. The van der Waals surface area contributed by atoms with E-state index in [-0.39, 0.29) is 31.7 Å². The van der Waals surface area contributed by atoms with Crippen LogP contribution in [0.4, 0.5) is 0 Å². The van der Waals surface area contributed by atoms with Gasteiger partial charge in [0.25, 0.3) is 10.1 Å². The number of unbranched alkanes of at least 4 members (excludes halogenated alkanes) is 27. The summed E-state index contributed by atoms with van der Waals surface area (Å²) in [5, 5.41) is 0. The third kappa shape index (κ3) is 36.9. The van der Waals surface area contributed by atoms with Crippen LogP contribution in [0.15, 0.2) is 0 Å². The van der Waals surface area contributed by atoms with Gasteiger partial charge in [0.05, 0.1) is 5.75 Å². The van der Waals surface area contributed by atoms with Crippen molar-refractivity contribution in [2.75, 3.05) is 5.75 Å². The molecule has 35 heavy (non-hydrogen) atoms. The Bertz CT molecular complexity index is 493. The summed E-state index contributed by atoms with van der Waals surface area (Å²) in [6.07, 6.45) is 38.0. The smallest absolute Gasteiger partial charge is 1.00 e. The molecule has 0 aromatic heterocycles. The number of hydrogen-bond acceptors (Lipinski definition) is 2. The predicted molar refractivity (Wildman–Crippen MR) is 159 cm³/mol. The van der Waals surface area contributed by atoms with Crippen molar-refractivity contribution in [1.29, 1.82) is 0 Å². The molecule has 3 nitrogen and oxygen atoms in total. The Hall–Kier alpha value is 0.676. The summed E-state index contributed by atoms with van der Waals surface area (Å²) in [4.78, 5) is 0. The van der Waals surface area contributed by atoms with Crippen molar-refractivity contribution in [2.45, 2.75) is 187 Å². The van der Waals surface area contributed by atoms with Crippen molar-refractivity contribution in [2.24, 2.45) is 0 Å². The van der Waals surface area contributed by atoms with Gasteiger partial charge in [0.1, 0.15) is 0 Å². The molecule has 0 aliphatic heterocycles. The third-order valence-corrected chi connectivity index (χ3v) is 8.06. The van der Waals surface area contributed by atoms with Gasteiger partial charge in [-0.1, -0.05) is 180 Å². The molecule has 210 valence electrons. The van der Waals surface area contributed by atoms with Gasteiger partial charge in [-0.3, -0.25) is 4.55 Å². The van der Waals surface area contributed by atoms with Gasteiger partial charge in [-0.25, -0.2) is 0 Å². The maximum absolute atomic E-state index is 10.6. The van der Waals surface area contributed by atoms with Gasteiger partial charge in [0.15, 0.2) is 0 Å². The molecule has 1 N–H and O–H groups in total. The third-order valence-electron chi connectivity index (χ3n) is 7.26. The molecule has 5 heteroatoms. The minimum atomic E-state index is -3.75. The molecule has 0 spiro atoms. The van der Waals surface area contributed by atoms with Crippen LogP contribution in [-0.4, -0.2) is 41.8 Å². The SMILES string of the molecule is CCCCCCCCCCCCCCCCCCCCCCCCCCCCCCS(=O)(=O)O.[H-].[H-].[Mg+2]. The van der Waals surface area contributed by atoms with Gasteiger partial charge in [-0.15, -0.1) is 0 Å². The topological polar surface area (TPSA) is 54.4 Å². The van der Waals surface area contributed by atoms with Crippen LogP contribution >= 0.6 is 0 Å². The Morgan fingerprint density at radius 3 is 0.743 bits per heavy atom. The molecule has 0 saturated carbocycles. The fraction of sp³-hybridized carbons (Fsp3) is 1.00. The van der Waals surface area contributed by atoms with E-state index in [1.54, 1.807) is 0 Å². The second kappa shape index (κ2) is 30.9. The van der Waals surface area contributed by atoms with Gasteiger partial charge in [-0.2, -0.15) is 8.42 Å². The van der Waals surface area contributed by atoms with E-state index >= 15 is 0 Å². The van der Waals surface area contributed by atoms with Crippen LogP contribution in [-0.2, 0) is 10.1 Å². The van der Waals surface area contributed by atoms with E-state index in [2.05, 4.69) is 6.92 Å². The Kier molecular flexibility index (Phi) is 33.4. The van der Waals surface area contributed by atoms with Crippen LogP contribution in [0, 0.1) is 0 Å². The molecule has 0 heterocycles. The van der Waals surface area contributed by atoms with Crippen LogP contribution < -0.4 is 0 Å². The fourth-order valence-electron chi connectivity index (χ4n) is 4.95. The zero-order valence-electron chi connectivity index (χ0n) is 25.9. The molecule has 0 unspecified atom stereocenters. The number of rotatable bonds is 29. The average molecular weight is 529 g/mol. The molecule has 0 radical (unpaired) electrons. The van der Waals surface area contributed by atoms with Gasteiger partial charge in [-0.05, 0) is 6.42 Å². The molecule has 0 aliphatic rings. The molecular formula is C30H64MgO3S. The molecule has 0 bridgehead atoms. The van der Waals surface area contributed by atoms with Crippen LogP contribution in [0.2, 0.25) is 0 Å². The van der Waals surface area contributed by atoms with E-state index in [1.165, 1.54) is 161 Å². The maximum Gasteiger partial charge on any atom is 2.00 e. The van der Waals surface area contributed by atoms with E-state index in [1.807, 2.05) is 0 Å². The van der Waals surface area contributed by atoms with Crippen LogP contribution in [0.1, 0.15) is 190 Å². The van der Waals surface area contributed by atoms with Crippen molar-refractivity contribution >= 4 is 33.2 Å². The fourth-order valence-corrected chi connectivity index (χ4v) is 5.52. The maximum atomic E-state index is 10.6. The van der Waals surface area contributed by atoms with E-state index in [9.17, 15) is 8.42 Å². The standard InChI is InChI=1S/C30H62O3S.Mg.2H/c1-2-3-4-5-6-7-8-9-10-11-12-13-14-15-16-17-18-19-20-21-22-23-24-25-26-27-28-29-30-34(31,32)33;;;/h2-30H2,1H3,(H,31,32,33);;;/q;+2;2*-1. The summed E-state index contributed by atoms with van der Waals surface area (Å²) in [6, 6.07) is 0. The number of hydrogen-bond donors (Lipinski definition) is 1. The summed E-state index contributed by atoms with van der Waals surface area (Å²) in [5.74, 6) is -0.0769. The van der Waals surface area contributed by atoms with Crippen molar-refractivity contribution in [3.05, 3.63) is 0 Å². The largest absolute Gasteiger partial charge is 2.00 e. The van der Waals surface area contributed by atoms with Crippen LogP contribution in [0.25, 0.3) is 0 Å². The molecule has 0 rings (SSSR count). The average Bonchev–Trinajstić information content (AvgIpc) is 2.80. The first-order valence-corrected chi connectivity index (χ1v) is 17.1. The normalized spacial score (nSPS) is 11.6. The summed E-state index contributed by atoms with van der Waals surface area (Å²) in [7, 11) is -3.75. The molecule has 0 aromatic carbocycles. The van der Waals surface area contributed by atoms with Gasteiger partial charge < -0.3 is 2.85 Å². The minimum absolute atomic E-state index is 0. The van der Waals surface area contributed by atoms with Gasteiger partial charge in [0, 0.05) is 0 Å². The molecular weight excluding hydrogens is 465 g/mol. The van der Waals surface area contributed by atoms with Gasteiger partial charge >= 0.3 is 23.1 Å². The van der Waals surface area contributed by atoms with Gasteiger partial charge in [0.2, 0.25) is 0 Å². The second-order valence-electron chi connectivity index (χ2n) is 10.8. The van der Waals surface area contributed by atoms with Crippen molar-refractivity contribution in [3.8, 4) is 0 Å². The van der Waals surface area contributed by atoms with Crippen molar-refractivity contribution in [3.63, 3.8) is 0 Å². The van der Waals surface area contributed by atoms with Crippen LogP contribution in [0.3, 0.4) is 0 Å². The van der Waals surface area contributed by atoms with Crippen molar-refractivity contribution in [1.82, 2.24) is 0 Å². The molecule has 0 atom stereocenters. The van der Waals surface area contributed by atoms with E-state index in [4.69, 9.17) is 4.55 Å². The van der Waals surface area contributed by atoms with E-state index in [0.717, 1.165) is 12.8 Å². The summed E-state index contributed by atoms with van der Waals surface area (Å²) >= 11 is 0. The molecule has 0 aromatic rings. The molecule has 0 fully saturated rings. The zero-order valence-corrected chi connectivity index (χ0v) is 26.1. The summed E-state index contributed by atoms with van der Waals surface area (Å²) in [5.41, 5.74) is 0. The first-order valence-electron chi connectivity index (χ1n) is 15.5. The Labute approximate surface area is 240 Å². The second-order valence-corrected chi connectivity index (χ2v) is 12.4. The Balaban J connectivity index is -0.00000181. The quantitative estimate of drug-likeness (QED) is 0.0596. The first-order chi connectivity index (χ1) is 16.6. The molecule has 0 saturated heterocycles. The predicted octanol–water partition coefficient (Wildman–Crippen LogP) is 10.7.